The van der Waals surface area contributed by atoms with Crippen LogP contribution in [0.25, 0.3) is 17.1 Å². The number of aromatic amines is 1. The van der Waals surface area contributed by atoms with Crippen LogP contribution in [0.15, 0.2) is 48.5 Å². The van der Waals surface area contributed by atoms with Crippen molar-refractivity contribution in [2.24, 2.45) is 5.92 Å². The van der Waals surface area contributed by atoms with Gasteiger partial charge in [0.15, 0.2) is 11.7 Å². The molecule has 0 bridgehead atoms. The van der Waals surface area contributed by atoms with Crippen molar-refractivity contribution in [3.05, 3.63) is 65.7 Å². The lowest BCUT2D eigenvalue weighted by atomic mass is 9.87. The fourth-order valence-electron chi connectivity index (χ4n) is 3.98. The monoisotopic (exact) mass is 456 g/mol. The SMILES string of the molecule is CC(N(C)C)C1(Nc2ccc(F)cc2F)O/C(=C\c2c[nH]c3ncccc23)C(=O)C1C(=O)O. The zero-order chi connectivity index (χ0) is 23.9. The first-order valence-corrected chi connectivity index (χ1v) is 10.1. The van der Waals surface area contributed by atoms with Crippen molar-refractivity contribution in [3.8, 4) is 0 Å². The fourth-order valence-corrected chi connectivity index (χ4v) is 3.98. The molecule has 4 rings (SSSR count). The molecule has 0 saturated carbocycles. The number of nitrogens with zero attached hydrogens (tertiary/aromatic N) is 2. The number of nitrogens with one attached hydrogen (secondary N) is 2. The number of Topliss-reactive ketones (excluding diaryl/α,β-unsaturated/α-hetero) is 1. The van der Waals surface area contributed by atoms with Crippen LogP contribution in [0.3, 0.4) is 0 Å². The first kappa shape index (κ1) is 22.4. The summed E-state index contributed by atoms with van der Waals surface area (Å²) >= 11 is 0. The normalized spacial score (nSPS) is 22.7. The minimum absolute atomic E-state index is 0.193. The van der Waals surface area contributed by atoms with Crippen molar-refractivity contribution in [2.45, 2.75) is 18.7 Å². The van der Waals surface area contributed by atoms with Gasteiger partial charge in [-0.15, -0.1) is 0 Å². The summed E-state index contributed by atoms with van der Waals surface area (Å²) in [7, 11) is 3.35. The van der Waals surface area contributed by atoms with Gasteiger partial charge in [-0.05, 0) is 51.4 Å². The number of aliphatic carboxylic acids is 1. The molecule has 8 nitrogen and oxygen atoms in total. The second kappa shape index (κ2) is 8.28. The highest BCUT2D eigenvalue weighted by molar-refractivity contribution is 6.12. The first-order valence-electron chi connectivity index (χ1n) is 10.1. The van der Waals surface area contributed by atoms with Crippen molar-refractivity contribution >= 4 is 34.5 Å². The molecule has 10 heteroatoms. The lowest BCUT2D eigenvalue weighted by Crippen LogP contribution is -2.60. The number of likely N-dealkylation sites (N-methyl/N-ethyl adjacent to an activating group) is 1. The number of H-pyrrole nitrogens is 1. The molecule has 3 N–H and O–H groups in total. The van der Waals surface area contributed by atoms with Crippen LogP contribution >= 0.6 is 0 Å². The van der Waals surface area contributed by atoms with E-state index in [4.69, 9.17) is 4.74 Å². The van der Waals surface area contributed by atoms with E-state index in [1.807, 2.05) is 0 Å². The molecule has 1 aliphatic heterocycles. The number of pyridine rings is 1. The van der Waals surface area contributed by atoms with Crippen LogP contribution in [-0.4, -0.2) is 57.6 Å². The van der Waals surface area contributed by atoms with Gasteiger partial charge in [0.1, 0.15) is 17.3 Å². The fraction of sp³-hybridized carbons (Fsp3) is 0.261. The van der Waals surface area contributed by atoms with E-state index in [0.717, 1.165) is 12.1 Å². The molecule has 0 spiro atoms. The van der Waals surface area contributed by atoms with Crippen LogP contribution in [0.4, 0.5) is 14.5 Å². The minimum atomic E-state index is -1.87. The topological polar surface area (TPSA) is 108 Å². The van der Waals surface area contributed by atoms with Gasteiger partial charge in [0.05, 0.1) is 11.7 Å². The van der Waals surface area contributed by atoms with Gasteiger partial charge in [-0.3, -0.25) is 9.59 Å². The molecule has 2 aromatic heterocycles. The molecule has 172 valence electrons. The molecule has 0 aliphatic carbocycles. The molecule has 3 atom stereocenters. The lowest BCUT2D eigenvalue weighted by Gasteiger charge is -2.41. The van der Waals surface area contributed by atoms with Gasteiger partial charge in [0.25, 0.3) is 0 Å². The Kier molecular flexibility index (Phi) is 5.62. The number of hydrogen-bond acceptors (Lipinski definition) is 6. The molecule has 0 radical (unpaired) electrons. The summed E-state index contributed by atoms with van der Waals surface area (Å²) in [5.74, 6) is -5.85. The number of aromatic nitrogens is 2. The maximum absolute atomic E-state index is 14.5. The molecule has 3 aromatic rings. The molecule has 1 saturated heterocycles. The van der Waals surface area contributed by atoms with Crippen LogP contribution in [0.2, 0.25) is 0 Å². The van der Waals surface area contributed by atoms with Gasteiger partial charge in [0, 0.05) is 29.4 Å². The number of ketones is 1. The predicted octanol–water partition coefficient (Wildman–Crippen LogP) is 3.24. The zero-order valence-corrected chi connectivity index (χ0v) is 18.1. The Labute approximate surface area is 187 Å². The van der Waals surface area contributed by atoms with E-state index in [2.05, 4.69) is 15.3 Å². The number of carboxylic acids is 1. The predicted molar refractivity (Wildman–Crippen MR) is 117 cm³/mol. The van der Waals surface area contributed by atoms with Gasteiger partial charge in [-0.25, -0.2) is 13.8 Å². The number of hydrogen-bond donors (Lipinski definition) is 3. The van der Waals surface area contributed by atoms with Crippen molar-refractivity contribution in [2.75, 3.05) is 19.4 Å². The van der Waals surface area contributed by atoms with Crippen LogP contribution in [-0.2, 0) is 14.3 Å². The van der Waals surface area contributed by atoms with Gasteiger partial charge >= 0.3 is 5.97 Å². The second-order valence-electron chi connectivity index (χ2n) is 8.07. The largest absolute Gasteiger partial charge is 0.481 e. The zero-order valence-electron chi connectivity index (χ0n) is 18.1. The number of benzene rings is 1. The highest BCUT2D eigenvalue weighted by Crippen LogP contribution is 2.42. The molecular weight excluding hydrogens is 434 g/mol. The average Bonchev–Trinajstić information content (AvgIpc) is 3.29. The summed E-state index contributed by atoms with van der Waals surface area (Å²) in [4.78, 5) is 34.4. The molecular formula is C23H22F2N4O4. The molecule has 33 heavy (non-hydrogen) atoms. The standard InChI is InChI=1S/C23H22F2N4O4/c1-12(29(2)3)23(28-17-7-6-14(24)10-16(17)25)19(22(31)32)20(30)18(33-23)9-13-11-27-21-15(13)5-4-8-26-21/h4-12,19,28H,1-3H3,(H,26,27)(H,31,32)/b18-9-. The summed E-state index contributed by atoms with van der Waals surface area (Å²) in [5, 5.41) is 13.5. The van der Waals surface area contributed by atoms with Gasteiger partial charge in [0.2, 0.25) is 11.5 Å². The molecule has 3 heterocycles. The van der Waals surface area contributed by atoms with E-state index in [9.17, 15) is 23.5 Å². The summed E-state index contributed by atoms with van der Waals surface area (Å²) in [6.45, 7) is 1.65. The Morgan fingerprint density at radius 2 is 2.12 bits per heavy atom. The average molecular weight is 456 g/mol. The molecule has 1 fully saturated rings. The Hall–Kier alpha value is -3.79. The quantitative estimate of drug-likeness (QED) is 0.386. The van der Waals surface area contributed by atoms with Crippen LogP contribution in [0.1, 0.15) is 12.5 Å². The van der Waals surface area contributed by atoms with E-state index < -0.39 is 41.1 Å². The molecule has 1 aromatic carbocycles. The Bertz CT molecular complexity index is 1270. The smallest absolute Gasteiger partial charge is 0.320 e. The van der Waals surface area contributed by atoms with Crippen molar-refractivity contribution in [1.82, 2.24) is 14.9 Å². The summed E-state index contributed by atoms with van der Waals surface area (Å²) < 4.78 is 34.0. The maximum Gasteiger partial charge on any atom is 0.320 e. The highest BCUT2D eigenvalue weighted by Gasteiger charge is 2.61. The molecule has 1 aliphatic rings. The van der Waals surface area contributed by atoms with E-state index in [0.29, 0.717) is 22.7 Å². The van der Waals surface area contributed by atoms with Crippen LogP contribution in [0, 0.1) is 17.6 Å². The summed E-state index contributed by atoms with van der Waals surface area (Å²) in [5.41, 5.74) is -0.904. The number of carbonyl (C=O) groups is 2. The number of carbonyl (C=O) groups excluding carboxylic acids is 1. The third kappa shape index (κ3) is 3.82. The molecule has 0 amide bonds. The Morgan fingerprint density at radius 3 is 2.79 bits per heavy atom. The minimum Gasteiger partial charge on any atom is -0.481 e. The van der Waals surface area contributed by atoms with Gasteiger partial charge in [-0.1, -0.05) is 0 Å². The van der Waals surface area contributed by atoms with Gasteiger partial charge < -0.3 is 25.0 Å². The third-order valence-electron chi connectivity index (χ3n) is 5.89. The Balaban J connectivity index is 1.85. The third-order valence-corrected chi connectivity index (χ3v) is 5.89. The number of anilines is 1. The number of fused-ring (bicyclic) bond motifs is 1. The molecule has 3 unspecified atom stereocenters. The van der Waals surface area contributed by atoms with Crippen LogP contribution in [0.5, 0.6) is 0 Å². The van der Waals surface area contributed by atoms with Crippen molar-refractivity contribution in [3.63, 3.8) is 0 Å². The van der Waals surface area contributed by atoms with Crippen molar-refractivity contribution < 1.29 is 28.2 Å². The number of rotatable bonds is 6. The lowest BCUT2D eigenvalue weighted by molar-refractivity contribution is -0.151. The highest BCUT2D eigenvalue weighted by atomic mass is 19.1. The van der Waals surface area contributed by atoms with E-state index in [1.165, 1.54) is 6.08 Å². The number of halogens is 2. The maximum atomic E-state index is 14.5. The second-order valence-corrected chi connectivity index (χ2v) is 8.07. The van der Waals surface area contributed by atoms with E-state index >= 15 is 0 Å². The van der Waals surface area contributed by atoms with Gasteiger partial charge in [-0.2, -0.15) is 0 Å². The summed E-state index contributed by atoms with van der Waals surface area (Å²) in [6.07, 6.45) is 4.67. The Morgan fingerprint density at radius 1 is 1.36 bits per heavy atom. The van der Waals surface area contributed by atoms with E-state index in [1.54, 1.807) is 50.4 Å². The number of carboxylic acid groups (broad SMARTS) is 1. The summed E-state index contributed by atoms with van der Waals surface area (Å²) in [6, 6.07) is 5.63. The number of ether oxygens (including phenoxy) is 1. The van der Waals surface area contributed by atoms with E-state index in [-0.39, 0.29) is 11.4 Å². The van der Waals surface area contributed by atoms with Crippen LogP contribution < -0.4 is 5.32 Å². The number of allylic oxidation sites excluding steroid dienone is 1. The van der Waals surface area contributed by atoms with Crippen molar-refractivity contribution in [1.29, 1.82) is 0 Å². The first-order chi connectivity index (χ1) is 15.6.